The molecule has 8 aromatic carbocycles. The van der Waals surface area contributed by atoms with Crippen LogP contribution in [0.5, 0.6) is 0 Å². The number of hydrogen-bond acceptors (Lipinski definition) is 5. The van der Waals surface area contributed by atoms with Crippen LogP contribution in [0.25, 0.3) is 110 Å². The molecule has 56 heavy (non-hydrogen) atoms. The Labute approximate surface area is 327 Å². The zero-order chi connectivity index (χ0) is 37.0. The first kappa shape index (κ1) is 32.2. The molecule has 0 spiro atoms. The third-order valence-electron chi connectivity index (χ3n) is 10.5. The van der Waals surface area contributed by atoms with Gasteiger partial charge in [-0.05, 0) is 63.7 Å². The monoisotopic (exact) mass is 733 g/mol. The fourth-order valence-electron chi connectivity index (χ4n) is 7.85. The zero-order valence-corrected chi connectivity index (χ0v) is 30.9. The molecule has 11 rings (SSSR count). The molecule has 0 amide bonds. The first-order chi connectivity index (χ1) is 27.7. The Kier molecular flexibility index (Phi) is 7.64. The minimum absolute atomic E-state index is 0.648. The molecular weight excluding hydrogens is 703 g/mol. The van der Waals surface area contributed by atoms with E-state index >= 15 is 0 Å². The zero-order valence-electron chi connectivity index (χ0n) is 30.1. The van der Waals surface area contributed by atoms with Crippen molar-refractivity contribution in [2.45, 2.75) is 0 Å². The van der Waals surface area contributed by atoms with Gasteiger partial charge in [-0.25, -0.2) is 15.0 Å². The summed E-state index contributed by atoms with van der Waals surface area (Å²) in [6, 6.07) is 65.7. The predicted molar refractivity (Wildman–Crippen MR) is 233 cm³/mol. The van der Waals surface area contributed by atoms with Gasteiger partial charge in [0.2, 0.25) is 0 Å². The van der Waals surface area contributed by atoms with Crippen molar-refractivity contribution >= 4 is 53.4 Å². The minimum atomic E-state index is 0.648. The van der Waals surface area contributed by atoms with E-state index in [4.69, 9.17) is 19.4 Å². The molecule has 4 nitrogen and oxygen atoms in total. The van der Waals surface area contributed by atoms with Crippen LogP contribution in [0.2, 0.25) is 0 Å². The third kappa shape index (κ3) is 5.56. The van der Waals surface area contributed by atoms with E-state index in [9.17, 15) is 0 Å². The van der Waals surface area contributed by atoms with Crippen molar-refractivity contribution in [2.75, 3.05) is 0 Å². The van der Waals surface area contributed by atoms with Crippen LogP contribution in [0.3, 0.4) is 0 Å². The summed E-state index contributed by atoms with van der Waals surface area (Å²) in [5.41, 5.74) is 11.6. The van der Waals surface area contributed by atoms with E-state index < -0.39 is 0 Å². The second-order valence-corrected chi connectivity index (χ2v) is 15.1. The maximum atomic E-state index is 6.58. The molecule has 3 heterocycles. The van der Waals surface area contributed by atoms with Gasteiger partial charge in [0.1, 0.15) is 11.2 Å². The van der Waals surface area contributed by atoms with Crippen molar-refractivity contribution in [2.24, 2.45) is 0 Å². The number of aromatic nitrogens is 3. The number of furan rings is 1. The number of benzene rings is 8. The van der Waals surface area contributed by atoms with Crippen molar-refractivity contribution in [1.82, 2.24) is 15.0 Å². The van der Waals surface area contributed by atoms with Gasteiger partial charge in [0, 0.05) is 47.6 Å². The highest BCUT2D eigenvalue weighted by Crippen LogP contribution is 2.46. The van der Waals surface area contributed by atoms with Crippen molar-refractivity contribution in [1.29, 1.82) is 0 Å². The molecule has 0 radical (unpaired) electrons. The van der Waals surface area contributed by atoms with Crippen molar-refractivity contribution < 1.29 is 4.42 Å². The lowest BCUT2D eigenvalue weighted by Gasteiger charge is -2.11. The highest BCUT2D eigenvalue weighted by Gasteiger charge is 2.20. The fraction of sp³-hybridized carbons (Fsp3) is 0. The Morgan fingerprint density at radius 2 is 0.875 bits per heavy atom. The van der Waals surface area contributed by atoms with Crippen molar-refractivity contribution in [3.63, 3.8) is 0 Å². The van der Waals surface area contributed by atoms with E-state index in [1.54, 1.807) is 11.3 Å². The fourth-order valence-corrected chi connectivity index (χ4v) is 9.02. The first-order valence-corrected chi connectivity index (χ1v) is 19.5. The van der Waals surface area contributed by atoms with Gasteiger partial charge in [0.25, 0.3) is 0 Å². The van der Waals surface area contributed by atoms with Gasteiger partial charge in [-0.2, -0.15) is 0 Å². The second-order valence-electron chi connectivity index (χ2n) is 14.0. The average Bonchev–Trinajstić information content (AvgIpc) is 3.85. The molecule has 0 aliphatic rings. The third-order valence-corrected chi connectivity index (χ3v) is 11.7. The molecule has 11 aromatic rings. The molecule has 0 unspecified atom stereocenters. The van der Waals surface area contributed by atoms with Gasteiger partial charge in [0.15, 0.2) is 17.5 Å². The van der Waals surface area contributed by atoms with Crippen LogP contribution < -0.4 is 0 Å². The standard InChI is InChI=1S/C51H31N3OS/c1-4-13-32(14-5-1)33-23-25-34(26-24-33)38-29-42(47-40-19-10-11-21-43(40)55-44(47)30-38)39-20-12-22-45-48(39)41-28-27-37(31-46(41)56-45)51-53-49(35-15-6-2-7-16-35)52-50(54-51)36-17-8-3-9-18-36/h1-31H. The largest absolute Gasteiger partial charge is 0.456 e. The number of fused-ring (bicyclic) bond motifs is 6. The summed E-state index contributed by atoms with van der Waals surface area (Å²) in [6.07, 6.45) is 0. The van der Waals surface area contributed by atoms with Gasteiger partial charge in [-0.15, -0.1) is 11.3 Å². The Morgan fingerprint density at radius 1 is 0.321 bits per heavy atom. The van der Waals surface area contributed by atoms with Crippen LogP contribution in [0.15, 0.2) is 192 Å². The number of para-hydroxylation sites is 1. The summed E-state index contributed by atoms with van der Waals surface area (Å²) in [6.45, 7) is 0. The smallest absolute Gasteiger partial charge is 0.164 e. The number of nitrogens with zero attached hydrogens (tertiary/aromatic N) is 3. The summed E-state index contributed by atoms with van der Waals surface area (Å²) < 4.78 is 8.98. The van der Waals surface area contributed by atoms with Crippen LogP contribution >= 0.6 is 11.3 Å². The predicted octanol–water partition coefficient (Wildman–Crippen LogP) is 14.1. The van der Waals surface area contributed by atoms with Crippen molar-refractivity contribution in [3.05, 3.63) is 188 Å². The molecule has 0 N–H and O–H groups in total. The lowest BCUT2D eigenvalue weighted by atomic mass is 9.91. The molecule has 3 aromatic heterocycles. The molecule has 0 aliphatic heterocycles. The summed E-state index contributed by atoms with van der Waals surface area (Å²) in [4.78, 5) is 14.9. The summed E-state index contributed by atoms with van der Waals surface area (Å²) >= 11 is 1.80. The van der Waals surface area contributed by atoms with Gasteiger partial charge in [-0.3, -0.25) is 0 Å². The Hall–Kier alpha value is -7.21. The molecule has 0 atom stereocenters. The van der Waals surface area contributed by atoms with Crippen LogP contribution in [0.1, 0.15) is 0 Å². The molecule has 0 saturated heterocycles. The van der Waals surface area contributed by atoms with Crippen LogP contribution in [-0.2, 0) is 0 Å². The Bertz CT molecular complexity index is 3170. The van der Waals surface area contributed by atoms with E-state index in [0.29, 0.717) is 17.5 Å². The molecule has 0 aliphatic carbocycles. The first-order valence-electron chi connectivity index (χ1n) is 18.7. The van der Waals surface area contributed by atoms with Gasteiger partial charge in [0.05, 0.1) is 0 Å². The molecule has 0 bridgehead atoms. The van der Waals surface area contributed by atoms with Gasteiger partial charge in [-0.1, -0.05) is 158 Å². The average molecular weight is 734 g/mol. The Morgan fingerprint density at radius 3 is 1.55 bits per heavy atom. The SMILES string of the molecule is c1ccc(-c2ccc(-c3cc(-c4cccc5sc6cc(-c7nc(-c8ccccc8)nc(-c8ccccc8)n7)ccc6c45)c4c(c3)oc3ccccc34)cc2)cc1. The van der Waals surface area contributed by atoms with E-state index in [1.807, 2.05) is 66.7 Å². The summed E-state index contributed by atoms with van der Waals surface area (Å²) in [5.74, 6) is 1.95. The molecule has 0 saturated carbocycles. The summed E-state index contributed by atoms with van der Waals surface area (Å²) in [7, 11) is 0. The van der Waals surface area contributed by atoms with E-state index in [2.05, 4.69) is 121 Å². The quantitative estimate of drug-likeness (QED) is 0.171. The second kappa shape index (κ2) is 13.3. The topological polar surface area (TPSA) is 51.8 Å². The summed E-state index contributed by atoms with van der Waals surface area (Å²) in [5, 5.41) is 4.66. The van der Waals surface area contributed by atoms with E-state index in [0.717, 1.165) is 55.3 Å². The molecule has 5 heteroatoms. The number of thiophene rings is 1. The highest BCUT2D eigenvalue weighted by molar-refractivity contribution is 7.26. The van der Waals surface area contributed by atoms with E-state index in [-0.39, 0.29) is 0 Å². The highest BCUT2D eigenvalue weighted by atomic mass is 32.1. The van der Waals surface area contributed by atoms with Gasteiger partial charge >= 0.3 is 0 Å². The van der Waals surface area contributed by atoms with Gasteiger partial charge < -0.3 is 4.42 Å². The van der Waals surface area contributed by atoms with Crippen LogP contribution in [0, 0.1) is 0 Å². The maximum absolute atomic E-state index is 6.58. The van der Waals surface area contributed by atoms with Crippen LogP contribution in [-0.4, -0.2) is 15.0 Å². The van der Waals surface area contributed by atoms with Crippen molar-refractivity contribution in [3.8, 4) is 67.5 Å². The normalized spacial score (nSPS) is 11.6. The van der Waals surface area contributed by atoms with Crippen LogP contribution in [0.4, 0.5) is 0 Å². The molecule has 262 valence electrons. The molecule has 0 fully saturated rings. The molecular formula is C51H31N3OS. The number of hydrogen-bond donors (Lipinski definition) is 0. The maximum Gasteiger partial charge on any atom is 0.164 e. The minimum Gasteiger partial charge on any atom is -0.456 e. The lowest BCUT2D eigenvalue weighted by Crippen LogP contribution is -1.99. The van der Waals surface area contributed by atoms with E-state index in [1.165, 1.54) is 36.9 Å². The Balaban J connectivity index is 1.08. The lowest BCUT2D eigenvalue weighted by molar-refractivity contribution is 0.669. The number of rotatable bonds is 6.